The van der Waals surface area contributed by atoms with Crippen LogP contribution in [0.5, 0.6) is 0 Å². The first-order valence-corrected chi connectivity index (χ1v) is 8.51. The Hall–Kier alpha value is -2.67. The van der Waals surface area contributed by atoms with Crippen molar-refractivity contribution in [1.82, 2.24) is 15.1 Å². The molecule has 1 aliphatic rings. The van der Waals surface area contributed by atoms with Gasteiger partial charge in [-0.05, 0) is 12.0 Å². The zero-order chi connectivity index (χ0) is 17.6. The van der Waals surface area contributed by atoms with Gasteiger partial charge in [0.1, 0.15) is 0 Å². The molecule has 0 bridgehead atoms. The van der Waals surface area contributed by atoms with E-state index in [-0.39, 0.29) is 24.2 Å². The van der Waals surface area contributed by atoms with Crippen LogP contribution >= 0.6 is 0 Å². The second-order valence-corrected chi connectivity index (χ2v) is 6.21. The summed E-state index contributed by atoms with van der Waals surface area (Å²) in [5, 5.41) is 6.56. The van der Waals surface area contributed by atoms with E-state index < -0.39 is 0 Å². The van der Waals surface area contributed by atoms with Crippen molar-refractivity contribution in [2.45, 2.75) is 12.8 Å². The Morgan fingerprint density at radius 2 is 2.12 bits per heavy atom. The summed E-state index contributed by atoms with van der Waals surface area (Å²) in [5.41, 5.74) is 7.57. The number of aromatic amines is 1. The second-order valence-electron chi connectivity index (χ2n) is 6.21. The van der Waals surface area contributed by atoms with Gasteiger partial charge in [0.25, 0.3) is 0 Å². The van der Waals surface area contributed by atoms with Gasteiger partial charge in [0.15, 0.2) is 0 Å². The van der Waals surface area contributed by atoms with Crippen molar-refractivity contribution >= 4 is 17.5 Å². The maximum atomic E-state index is 12.9. The van der Waals surface area contributed by atoms with Crippen LogP contribution in [0.15, 0.2) is 42.7 Å². The van der Waals surface area contributed by atoms with E-state index >= 15 is 0 Å². The van der Waals surface area contributed by atoms with E-state index in [1.54, 1.807) is 22.2 Å². The lowest BCUT2D eigenvalue weighted by Crippen LogP contribution is -2.41. The minimum atomic E-state index is -0.329. The first kappa shape index (κ1) is 17.2. The van der Waals surface area contributed by atoms with Crippen LogP contribution in [0.1, 0.15) is 12.0 Å². The number of nitrogens with two attached hydrogens (primary N) is 1. The molecule has 1 saturated heterocycles. The average molecular weight is 341 g/mol. The summed E-state index contributed by atoms with van der Waals surface area (Å²) >= 11 is 0. The van der Waals surface area contributed by atoms with Crippen LogP contribution in [0.3, 0.4) is 0 Å². The highest BCUT2D eigenvalue weighted by molar-refractivity contribution is 6.00. The lowest BCUT2D eigenvalue weighted by atomic mass is 10.1. The number of amides is 2. The summed E-state index contributed by atoms with van der Waals surface area (Å²) < 4.78 is 0. The van der Waals surface area contributed by atoms with E-state index in [4.69, 9.17) is 5.73 Å². The summed E-state index contributed by atoms with van der Waals surface area (Å²) in [4.78, 5) is 28.5. The highest BCUT2D eigenvalue weighted by Gasteiger charge is 2.37. The molecule has 2 amide bonds. The maximum absolute atomic E-state index is 12.9. The van der Waals surface area contributed by atoms with E-state index in [0.29, 0.717) is 31.9 Å². The number of H-pyrrole nitrogens is 1. The van der Waals surface area contributed by atoms with Crippen LogP contribution in [0.2, 0.25) is 0 Å². The SMILES string of the molecule is NCCN(CCc1ccccc1)C(=O)C1CC(=O)N(c2cn[nH]c2)C1. The molecule has 132 valence electrons. The molecule has 7 heteroatoms. The van der Waals surface area contributed by atoms with Gasteiger partial charge in [-0.25, -0.2) is 0 Å². The molecule has 1 aromatic heterocycles. The smallest absolute Gasteiger partial charge is 0.228 e. The van der Waals surface area contributed by atoms with Gasteiger partial charge in [0.05, 0.1) is 17.8 Å². The minimum Gasteiger partial charge on any atom is -0.341 e. The van der Waals surface area contributed by atoms with Gasteiger partial charge in [0, 0.05) is 38.8 Å². The first-order chi connectivity index (χ1) is 12.2. The fourth-order valence-electron chi connectivity index (χ4n) is 3.17. The van der Waals surface area contributed by atoms with Crippen molar-refractivity contribution in [2.75, 3.05) is 31.1 Å². The largest absolute Gasteiger partial charge is 0.341 e. The molecule has 1 fully saturated rings. The zero-order valence-corrected chi connectivity index (χ0v) is 14.1. The highest BCUT2D eigenvalue weighted by atomic mass is 16.2. The zero-order valence-electron chi connectivity index (χ0n) is 14.1. The van der Waals surface area contributed by atoms with Gasteiger partial charge in [0.2, 0.25) is 11.8 Å². The van der Waals surface area contributed by atoms with E-state index in [0.717, 1.165) is 6.42 Å². The molecule has 0 spiro atoms. The second kappa shape index (κ2) is 7.94. The first-order valence-electron chi connectivity index (χ1n) is 8.51. The van der Waals surface area contributed by atoms with Crippen LogP contribution in [0, 0.1) is 5.92 Å². The molecule has 3 N–H and O–H groups in total. The molecule has 2 aromatic rings. The van der Waals surface area contributed by atoms with Crippen molar-refractivity contribution in [2.24, 2.45) is 11.7 Å². The molecule has 0 aliphatic carbocycles. The van der Waals surface area contributed by atoms with Crippen molar-refractivity contribution < 1.29 is 9.59 Å². The quantitative estimate of drug-likeness (QED) is 0.778. The van der Waals surface area contributed by atoms with Gasteiger partial charge in [-0.2, -0.15) is 5.10 Å². The molecule has 0 saturated carbocycles. The summed E-state index contributed by atoms with van der Waals surface area (Å²) in [7, 11) is 0. The topological polar surface area (TPSA) is 95.3 Å². The molecule has 25 heavy (non-hydrogen) atoms. The van der Waals surface area contributed by atoms with Gasteiger partial charge >= 0.3 is 0 Å². The Bertz CT molecular complexity index is 702. The molecule has 7 nitrogen and oxygen atoms in total. The molecular weight excluding hydrogens is 318 g/mol. The molecule has 3 rings (SSSR count). The predicted octanol–water partition coefficient (Wildman–Crippen LogP) is 0.793. The number of anilines is 1. The monoisotopic (exact) mass is 341 g/mol. The van der Waals surface area contributed by atoms with Gasteiger partial charge in [-0.15, -0.1) is 0 Å². The van der Waals surface area contributed by atoms with Crippen molar-refractivity contribution in [3.8, 4) is 0 Å². The third kappa shape index (κ3) is 4.06. The van der Waals surface area contributed by atoms with Gasteiger partial charge in [-0.1, -0.05) is 30.3 Å². The standard InChI is InChI=1S/C18H23N5O2/c19-7-9-22(8-6-14-4-2-1-3-5-14)18(25)15-10-17(24)23(13-15)16-11-20-21-12-16/h1-5,11-12,15H,6-10,13,19H2,(H,20,21). The van der Waals surface area contributed by atoms with E-state index in [1.165, 1.54) is 5.56 Å². The third-order valence-corrected chi connectivity index (χ3v) is 4.49. The molecular formula is C18H23N5O2. The van der Waals surface area contributed by atoms with E-state index in [9.17, 15) is 9.59 Å². The Morgan fingerprint density at radius 1 is 1.32 bits per heavy atom. The number of aromatic nitrogens is 2. The number of nitrogens with one attached hydrogen (secondary N) is 1. The maximum Gasteiger partial charge on any atom is 0.228 e. The van der Waals surface area contributed by atoms with Crippen LogP contribution in [-0.4, -0.2) is 53.1 Å². The number of nitrogens with zero attached hydrogens (tertiary/aromatic N) is 3. The Labute approximate surface area is 146 Å². The number of rotatable bonds is 7. The van der Waals surface area contributed by atoms with Gasteiger partial charge in [-0.3, -0.25) is 14.7 Å². The minimum absolute atomic E-state index is 0.000672. The summed E-state index contributed by atoms with van der Waals surface area (Å²) in [6, 6.07) is 10.0. The van der Waals surface area contributed by atoms with Crippen LogP contribution in [0.25, 0.3) is 0 Å². The normalized spacial score (nSPS) is 17.1. The van der Waals surface area contributed by atoms with Crippen LogP contribution in [0.4, 0.5) is 5.69 Å². The predicted molar refractivity (Wildman–Crippen MR) is 94.8 cm³/mol. The van der Waals surface area contributed by atoms with E-state index in [2.05, 4.69) is 10.2 Å². The molecule has 2 heterocycles. The van der Waals surface area contributed by atoms with Gasteiger partial charge < -0.3 is 15.5 Å². The average Bonchev–Trinajstić information content (AvgIpc) is 3.28. The fourth-order valence-corrected chi connectivity index (χ4v) is 3.17. The number of carbonyl (C=O) groups excluding carboxylic acids is 2. The number of hydrogen-bond donors (Lipinski definition) is 2. The molecule has 1 unspecified atom stereocenters. The van der Waals surface area contributed by atoms with E-state index in [1.807, 2.05) is 30.3 Å². The third-order valence-electron chi connectivity index (χ3n) is 4.49. The van der Waals surface area contributed by atoms with Crippen molar-refractivity contribution in [3.63, 3.8) is 0 Å². The molecule has 1 aliphatic heterocycles. The Kier molecular flexibility index (Phi) is 5.45. The lowest BCUT2D eigenvalue weighted by molar-refractivity contribution is -0.135. The van der Waals surface area contributed by atoms with Crippen molar-refractivity contribution in [1.29, 1.82) is 0 Å². The van der Waals surface area contributed by atoms with Crippen LogP contribution in [-0.2, 0) is 16.0 Å². The molecule has 1 aromatic carbocycles. The number of hydrogen-bond acceptors (Lipinski definition) is 4. The lowest BCUT2D eigenvalue weighted by Gasteiger charge is -2.25. The summed E-state index contributed by atoms with van der Waals surface area (Å²) in [6.07, 6.45) is 4.27. The molecule has 1 atom stereocenters. The summed E-state index contributed by atoms with van der Waals surface area (Å²) in [6.45, 7) is 1.91. The Morgan fingerprint density at radius 3 is 2.80 bits per heavy atom. The number of carbonyl (C=O) groups is 2. The molecule has 0 radical (unpaired) electrons. The van der Waals surface area contributed by atoms with Crippen molar-refractivity contribution in [3.05, 3.63) is 48.3 Å². The Balaban J connectivity index is 1.63. The highest BCUT2D eigenvalue weighted by Crippen LogP contribution is 2.25. The van der Waals surface area contributed by atoms with Crippen LogP contribution < -0.4 is 10.6 Å². The summed E-state index contributed by atoms with van der Waals surface area (Å²) in [5.74, 6) is -0.374. The fraction of sp³-hybridized carbons (Fsp3) is 0.389. The number of benzene rings is 1.